The van der Waals surface area contributed by atoms with Crippen LogP contribution in [0.1, 0.15) is 26.7 Å². The van der Waals surface area contributed by atoms with Gasteiger partial charge in [-0.1, -0.05) is 13.8 Å². The van der Waals surface area contributed by atoms with Crippen molar-refractivity contribution in [3.8, 4) is 0 Å². The topological polar surface area (TPSA) is 66.8 Å². The van der Waals surface area contributed by atoms with Crippen molar-refractivity contribution in [3.63, 3.8) is 0 Å². The molecule has 1 fully saturated rings. The largest absolute Gasteiger partial charge is 0.479 e. The highest BCUT2D eigenvalue weighted by Crippen LogP contribution is 2.21. The van der Waals surface area contributed by atoms with Gasteiger partial charge in [0.15, 0.2) is 6.10 Å². The maximum absolute atomic E-state index is 11.9. The lowest BCUT2D eigenvalue weighted by atomic mass is 10.1. The molecule has 1 heterocycles. The van der Waals surface area contributed by atoms with Gasteiger partial charge >= 0.3 is 5.97 Å². The van der Waals surface area contributed by atoms with Crippen molar-refractivity contribution in [2.75, 3.05) is 13.6 Å². The molecule has 0 saturated carbocycles. The summed E-state index contributed by atoms with van der Waals surface area (Å²) in [7, 11) is 1.72. The summed E-state index contributed by atoms with van der Waals surface area (Å²) in [5.41, 5.74) is 0. The third-order valence-corrected chi connectivity index (χ3v) is 2.59. The van der Waals surface area contributed by atoms with E-state index in [0.29, 0.717) is 25.3 Å². The second-order valence-corrected chi connectivity index (χ2v) is 4.64. The van der Waals surface area contributed by atoms with E-state index in [1.807, 2.05) is 13.8 Å². The van der Waals surface area contributed by atoms with Gasteiger partial charge < -0.3 is 14.7 Å². The van der Waals surface area contributed by atoms with E-state index in [1.165, 1.54) is 0 Å². The van der Waals surface area contributed by atoms with Gasteiger partial charge in [-0.2, -0.15) is 0 Å². The Morgan fingerprint density at radius 3 is 2.38 bits per heavy atom. The number of carboxylic acid groups (broad SMARTS) is 1. The zero-order valence-electron chi connectivity index (χ0n) is 9.97. The summed E-state index contributed by atoms with van der Waals surface area (Å²) in [6.45, 7) is 4.72. The first-order chi connectivity index (χ1) is 7.41. The van der Waals surface area contributed by atoms with Gasteiger partial charge in [0, 0.05) is 13.6 Å². The van der Waals surface area contributed by atoms with Crippen LogP contribution < -0.4 is 0 Å². The zero-order valence-corrected chi connectivity index (χ0v) is 9.97. The smallest absolute Gasteiger partial charge is 0.332 e. The van der Waals surface area contributed by atoms with Crippen molar-refractivity contribution >= 4 is 11.9 Å². The normalized spacial score (nSPS) is 24.8. The van der Waals surface area contributed by atoms with E-state index >= 15 is 0 Å². The Hall–Kier alpha value is -1.10. The number of hydrogen-bond acceptors (Lipinski definition) is 3. The molecule has 0 radical (unpaired) electrons. The minimum absolute atomic E-state index is 0.113. The first-order valence-electron chi connectivity index (χ1n) is 5.55. The van der Waals surface area contributed by atoms with E-state index in [0.717, 1.165) is 0 Å². The molecule has 5 heteroatoms. The fourth-order valence-electron chi connectivity index (χ4n) is 1.88. The fraction of sp³-hybridized carbons (Fsp3) is 0.818. The van der Waals surface area contributed by atoms with Gasteiger partial charge in [0.25, 0.3) is 5.91 Å². The molecule has 0 unspecified atom stereocenters. The van der Waals surface area contributed by atoms with Crippen molar-refractivity contribution in [1.82, 2.24) is 4.90 Å². The molecule has 1 amide bonds. The Morgan fingerprint density at radius 2 is 1.94 bits per heavy atom. The maximum Gasteiger partial charge on any atom is 0.332 e. The van der Waals surface area contributed by atoms with Crippen molar-refractivity contribution < 1.29 is 19.4 Å². The predicted molar refractivity (Wildman–Crippen MR) is 58.0 cm³/mol. The zero-order chi connectivity index (χ0) is 12.3. The van der Waals surface area contributed by atoms with Crippen LogP contribution in [0.5, 0.6) is 0 Å². The molecule has 5 nitrogen and oxygen atoms in total. The third-order valence-electron chi connectivity index (χ3n) is 2.59. The van der Waals surface area contributed by atoms with Crippen LogP contribution in [0.2, 0.25) is 0 Å². The first kappa shape index (κ1) is 13.0. The predicted octanol–water partition coefficient (Wildman–Crippen LogP) is 0.733. The SMILES string of the molecule is CC(C)CN(C)C(=O)[C@@H]1CC[C@H](C(=O)O)O1. The number of ether oxygens (including phenoxy) is 1. The molecular weight excluding hydrogens is 210 g/mol. The summed E-state index contributed by atoms with van der Waals surface area (Å²) < 4.78 is 5.20. The van der Waals surface area contributed by atoms with Crippen LogP contribution in [0.25, 0.3) is 0 Å². The maximum atomic E-state index is 11.9. The van der Waals surface area contributed by atoms with E-state index in [1.54, 1.807) is 11.9 Å². The molecular formula is C11H19NO4. The van der Waals surface area contributed by atoms with Crippen LogP contribution in [0.15, 0.2) is 0 Å². The minimum atomic E-state index is -0.984. The highest BCUT2D eigenvalue weighted by Gasteiger charge is 2.35. The van der Waals surface area contributed by atoms with Crippen LogP contribution in [0.3, 0.4) is 0 Å². The van der Waals surface area contributed by atoms with Crippen LogP contribution in [0.4, 0.5) is 0 Å². The number of likely N-dealkylation sites (N-methyl/N-ethyl adjacent to an activating group) is 1. The van der Waals surface area contributed by atoms with E-state index in [9.17, 15) is 9.59 Å². The molecule has 1 N–H and O–H groups in total. The molecule has 0 aromatic carbocycles. The molecule has 2 atom stereocenters. The van der Waals surface area contributed by atoms with Crippen LogP contribution in [-0.2, 0) is 14.3 Å². The molecule has 0 spiro atoms. The van der Waals surface area contributed by atoms with Crippen LogP contribution in [0, 0.1) is 5.92 Å². The van der Waals surface area contributed by atoms with Gasteiger partial charge in [-0.25, -0.2) is 4.79 Å². The second-order valence-electron chi connectivity index (χ2n) is 4.64. The number of aliphatic carboxylic acids is 1. The van der Waals surface area contributed by atoms with Crippen molar-refractivity contribution in [1.29, 1.82) is 0 Å². The number of amides is 1. The lowest BCUT2D eigenvalue weighted by Crippen LogP contribution is -2.39. The third kappa shape index (κ3) is 3.20. The first-order valence-corrected chi connectivity index (χ1v) is 5.55. The minimum Gasteiger partial charge on any atom is -0.479 e. The van der Waals surface area contributed by atoms with Gasteiger partial charge in [0.05, 0.1) is 0 Å². The number of carboxylic acids is 1. The molecule has 0 aromatic heterocycles. The molecule has 0 aromatic rings. The highest BCUT2D eigenvalue weighted by atomic mass is 16.5. The molecule has 1 aliphatic rings. The molecule has 92 valence electrons. The summed E-state index contributed by atoms with van der Waals surface area (Å²) in [5, 5.41) is 8.75. The summed E-state index contributed by atoms with van der Waals surface area (Å²) in [6.07, 6.45) is -0.481. The molecule has 1 aliphatic heterocycles. The summed E-state index contributed by atoms with van der Waals surface area (Å²) in [4.78, 5) is 24.1. The van der Waals surface area contributed by atoms with Gasteiger partial charge in [-0.15, -0.1) is 0 Å². The molecule has 0 aliphatic carbocycles. The molecule has 0 bridgehead atoms. The number of nitrogens with zero attached hydrogens (tertiary/aromatic N) is 1. The van der Waals surface area contributed by atoms with Gasteiger partial charge in [-0.3, -0.25) is 4.79 Å². The Bertz CT molecular complexity index is 277. The van der Waals surface area contributed by atoms with E-state index < -0.39 is 18.2 Å². The van der Waals surface area contributed by atoms with Crippen LogP contribution in [-0.4, -0.2) is 47.7 Å². The average molecular weight is 229 g/mol. The molecule has 1 saturated heterocycles. The number of carbonyl (C=O) groups is 2. The van der Waals surface area contributed by atoms with Crippen molar-refractivity contribution in [3.05, 3.63) is 0 Å². The Labute approximate surface area is 95.4 Å². The Kier molecular flexibility index (Phi) is 4.29. The Balaban J connectivity index is 2.47. The monoisotopic (exact) mass is 229 g/mol. The molecule has 1 rings (SSSR count). The fourth-order valence-corrected chi connectivity index (χ4v) is 1.88. The Morgan fingerprint density at radius 1 is 1.38 bits per heavy atom. The lowest BCUT2D eigenvalue weighted by molar-refractivity contribution is -0.154. The summed E-state index contributed by atoms with van der Waals surface area (Å²) >= 11 is 0. The number of carbonyl (C=O) groups excluding carboxylic acids is 1. The quantitative estimate of drug-likeness (QED) is 0.771. The van der Waals surface area contributed by atoms with Crippen molar-refractivity contribution in [2.45, 2.75) is 38.9 Å². The van der Waals surface area contributed by atoms with Crippen LogP contribution >= 0.6 is 0 Å². The van der Waals surface area contributed by atoms with Crippen molar-refractivity contribution in [2.24, 2.45) is 5.92 Å². The average Bonchev–Trinajstić information content (AvgIpc) is 2.64. The molecule has 16 heavy (non-hydrogen) atoms. The van der Waals surface area contributed by atoms with Gasteiger partial charge in [0.2, 0.25) is 0 Å². The van der Waals surface area contributed by atoms with E-state index in [2.05, 4.69) is 0 Å². The summed E-state index contributed by atoms with van der Waals surface area (Å²) in [6, 6.07) is 0. The van der Waals surface area contributed by atoms with Gasteiger partial charge in [0.1, 0.15) is 6.10 Å². The standard InChI is InChI=1S/C11H19NO4/c1-7(2)6-12(3)10(13)8-4-5-9(16-8)11(14)15/h7-9H,4-6H2,1-3H3,(H,14,15)/t8-,9+/m0/s1. The second kappa shape index (κ2) is 5.30. The summed E-state index contributed by atoms with van der Waals surface area (Å²) in [5.74, 6) is -0.704. The number of hydrogen-bond donors (Lipinski definition) is 1. The van der Waals surface area contributed by atoms with E-state index in [-0.39, 0.29) is 5.91 Å². The number of rotatable bonds is 4. The van der Waals surface area contributed by atoms with Gasteiger partial charge in [-0.05, 0) is 18.8 Å². The lowest BCUT2D eigenvalue weighted by Gasteiger charge is -2.22. The van der Waals surface area contributed by atoms with E-state index in [4.69, 9.17) is 9.84 Å². The highest BCUT2D eigenvalue weighted by molar-refractivity contribution is 5.82.